The van der Waals surface area contributed by atoms with Crippen molar-refractivity contribution in [1.82, 2.24) is 19.7 Å². The van der Waals surface area contributed by atoms with Gasteiger partial charge in [0, 0.05) is 12.3 Å². The lowest BCUT2D eigenvalue weighted by Gasteiger charge is -1.97. The topological polar surface area (TPSA) is 91.2 Å². The first-order valence-electron chi connectivity index (χ1n) is 4.02. The highest BCUT2D eigenvalue weighted by atomic mass is 15.4. The molecule has 2 aromatic heterocycles. The van der Waals surface area contributed by atoms with E-state index in [2.05, 4.69) is 15.1 Å². The van der Waals surface area contributed by atoms with Crippen molar-refractivity contribution in [2.45, 2.75) is 0 Å². The summed E-state index contributed by atoms with van der Waals surface area (Å²) in [5, 5.41) is 21.1. The highest BCUT2D eigenvalue weighted by Crippen LogP contribution is 2.04. The van der Waals surface area contributed by atoms with Gasteiger partial charge in [0.1, 0.15) is 12.4 Å². The SMILES string of the molecule is N#Cc1ccnc(-n2cnc(C#N)n2)c1. The molecule has 0 saturated carbocycles. The predicted molar refractivity (Wildman–Crippen MR) is 48.6 cm³/mol. The lowest BCUT2D eigenvalue weighted by Crippen LogP contribution is -1.98. The van der Waals surface area contributed by atoms with E-state index in [9.17, 15) is 0 Å². The van der Waals surface area contributed by atoms with Crippen LogP contribution in [0.3, 0.4) is 0 Å². The van der Waals surface area contributed by atoms with Gasteiger partial charge in [-0.05, 0) is 6.07 Å². The molecule has 0 amide bonds. The highest BCUT2D eigenvalue weighted by Gasteiger charge is 2.03. The van der Waals surface area contributed by atoms with Gasteiger partial charge in [0.25, 0.3) is 5.82 Å². The van der Waals surface area contributed by atoms with Crippen LogP contribution in [-0.2, 0) is 0 Å². The molecule has 70 valence electrons. The molecule has 0 fully saturated rings. The van der Waals surface area contributed by atoms with E-state index in [1.54, 1.807) is 12.1 Å². The Labute approximate surface area is 85.1 Å². The summed E-state index contributed by atoms with van der Waals surface area (Å²) in [6.07, 6.45) is 2.88. The fourth-order valence-electron chi connectivity index (χ4n) is 1.04. The fourth-order valence-corrected chi connectivity index (χ4v) is 1.04. The van der Waals surface area contributed by atoms with Gasteiger partial charge in [-0.25, -0.2) is 14.6 Å². The second-order valence-electron chi connectivity index (χ2n) is 2.64. The summed E-state index contributed by atoms with van der Waals surface area (Å²) in [7, 11) is 0. The maximum absolute atomic E-state index is 8.68. The quantitative estimate of drug-likeness (QED) is 0.658. The van der Waals surface area contributed by atoms with E-state index in [0.717, 1.165) is 0 Å². The monoisotopic (exact) mass is 196 g/mol. The van der Waals surface area contributed by atoms with Crippen LogP contribution < -0.4 is 0 Å². The van der Waals surface area contributed by atoms with E-state index < -0.39 is 0 Å². The van der Waals surface area contributed by atoms with Crippen molar-refractivity contribution in [2.24, 2.45) is 0 Å². The molecule has 2 heterocycles. The van der Waals surface area contributed by atoms with Crippen molar-refractivity contribution in [2.75, 3.05) is 0 Å². The number of rotatable bonds is 1. The van der Waals surface area contributed by atoms with Crippen LogP contribution in [0.25, 0.3) is 5.82 Å². The second-order valence-corrected chi connectivity index (χ2v) is 2.64. The molecule has 2 aromatic rings. The molecule has 6 nitrogen and oxygen atoms in total. The molecule has 6 heteroatoms. The maximum atomic E-state index is 8.68. The molecular formula is C9H4N6. The molecule has 0 atom stereocenters. The van der Waals surface area contributed by atoms with Gasteiger partial charge in [0.15, 0.2) is 5.82 Å². The molecular weight excluding hydrogens is 192 g/mol. The summed E-state index contributed by atoms with van der Waals surface area (Å²) in [5.74, 6) is 0.530. The number of aromatic nitrogens is 4. The van der Waals surface area contributed by atoms with E-state index in [4.69, 9.17) is 10.5 Å². The van der Waals surface area contributed by atoms with Gasteiger partial charge in [0.2, 0.25) is 0 Å². The van der Waals surface area contributed by atoms with Crippen LogP contribution in [-0.4, -0.2) is 19.7 Å². The molecule has 0 radical (unpaired) electrons. The highest BCUT2D eigenvalue weighted by molar-refractivity contribution is 5.34. The third-order valence-electron chi connectivity index (χ3n) is 1.70. The van der Waals surface area contributed by atoms with Crippen LogP contribution in [0.15, 0.2) is 24.7 Å². The molecule has 2 rings (SSSR count). The van der Waals surface area contributed by atoms with Crippen LogP contribution in [0.1, 0.15) is 11.4 Å². The molecule has 0 bridgehead atoms. The van der Waals surface area contributed by atoms with E-state index in [1.165, 1.54) is 17.2 Å². The maximum Gasteiger partial charge on any atom is 0.252 e. The summed E-state index contributed by atoms with van der Waals surface area (Å²) in [5.41, 5.74) is 0.481. The van der Waals surface area contributed by atoms with Gasteiger partial charge in [-0.1, -0.05) is 0 Å². The minimum atomic E-state index is 0.0687. The minimum absolute atomic E-state index is 0.0687. The zero-order valence-electron chi connectivity index (χ0n) is 7.49. The molecule has 0 aliphatic heterocycles. The number of hydrogen-bond donors (Lipinski definition) is 0. The largest absolute Gasteiger partial charge is 0.252 e. The number of pyridine rings is 1. The van der Waals surface area contributed by atoms with Gasteiger partial charge in [-0.2, -0.15) is 10.5 Å². The Morgan fingerprint density at radius 1 is 1.20 bits per heavy atom. The van der Waals surface area contributed by atoms with Crippen molar-refractivity contribution < 1.29 is 0 Å². The van der Waals surface area contributed by atoms with Gasteiger partial charge in [0.05, 0.1) is 11.6 Å². The van der Waals surface area contributed by atoms with Crippen molar-refractivity contribution in [3.8, 4) is 18.0 Å². The predicted octanol–water partition coefficient (Wildman–Crippen LogP) is 0.406. The summed E-state index contributed by atoms with van der Waals surface area (Å²) in [4.78, 5) is 7.74. The Morgan fingerprint density at radius 3 is 2.73 bits per heavy atom. The van der Waals surface area contributed by atoms with Crippen molar-refractivity contribution in [1.29, 1.82) is 10.5 Å². The smallest absolute Gasteiger partial charge is 0.237 e. The number of nitriles is 2. The Hall–Kier alpha value is -2.73. The van der Waals surface area contributed by atoms with E-state index in [1.807, 2.05) is 12.1 Å². The summed E-state index contributed by atoms with van der Waals surface area (Å²) in [6.45, 7) is 0. The standard InChI is InChI=1S/C9H4N6/c10-4-7-1-2-12-9(3-7)15-6-13-8(5-11)14-15/h1-3,6H. The van der Waals surface area contributed by atoms with Crippen molar-refractivity contribution >= 4 is 0 Å². The van der Waals surface area contributed by atoms with E-state index >= 15 is 0 Å². The first-order valence-corrected chi connectivity index (χ1v) is 4.02. The molecule has 0 unspecified atom stereocenters. The van der Waals surface area contributed by atoms with E-state index in [-0.39, 0.29) is 5.82 Å². The number of nitrogens with zero attached hydrogens (tertiary/aromatic N) is 6. The summed E-state index contributed by atoms with van der Waals surface area (Å²) < 4.78 is 1.35. The van der Waals surface area contributed by atoms with Gasteiger partial charge >= 0.3 is 0 Å². The van der Waals surface area contributed by atoms with Crippen LogP contribution in [0, 0.1) is 22.7 Å². The van der Waals surface area contributed by atoms with Crippen molar-refractivity contribution in [3.63, 3.8) is 0 Å². The van der Waals surface area contributed by atoms with Crippen LogP contribution in [0.2, 0.25) is 0 Å². The zero-order chi connectivity index (χ0) is 10.7. The molecule has 0 aliphatic carbocycles. The Balaban J connectivity index is 2.46. The summed E-state index contributed by atoms with van der Waals surface area (Å²) >= 11 is 0. The average Bonchev–Trinajstić information content (AvgIpc) is 2.78. The third-order valence-corrected chi connectivity index (χ3v) is 1.70. The lowest BCUT2D eigenvalue weighted by atomic mass is 10.3. The van der Waals surface area contributed by atoms with Gasteiger partial charge in [-0.3, -0.25) is 0 Å². The molecule has 0 saturated heterocycles. The fraction of sp³-hybridized carbons (Fsp3) is 0. The van der Waals surface area contributed by atoms with Gasteiger partial charge in [-0.15, -0.1) is 5.10 Å². The lowest BCUT2D eigenvalue weighted by molar-refractivity contribution is 0.839. The Morgan fingerprint density at radius 2 is 2.07 bits per heavy atom. The van der Waals surface area contributed by atoms with Gasteiger partial charge < -0.3 is 0 Å². The molecule has 15 heavy (non-hydrogen) atoms. The van der Waals surface area contributed by atoms with E-state index in [0.29, 0.717) is 11.4 Å². The van der Waals surface area contributed by atoms with Crippen LogP contribution in [0.5, 0.6) is 0 Å². The van der Waals surface area contributed by atoms with Crippen LogP contribution in [0.4, 0.5) is 0 Å². The first-order chi connectivity index (χ1) is 7.33. The molecule has 0 aliphatic rings. The molecule has 0 aromatic carbocycles. The van der Waals surface area contributed by atoms with Crippen LogP contribution >= 0.6 is 0 Å². The molecule has 0 spiro atoms. The Bertz CT molecular complexity index is 571. The second kappa shape index (κ2) is 3.56. The number of hydrogen-bond acceptors (Lipinski definition) is 5. The average molecular weight is 196 g/mol. The zero-order valence-corrected chi connectivity index (χ0v) is 7.49. The minimum Gasteiger partial charge on any atom is -0.237 e. The Kier molecular flexibility index (Phi) is 2.10. The first kappa shape index (κ1) is 8.85. The normalized spacial score (nSPS) is 9.20. The molecule has 0 N–H and O–H groups in total. The van der Waals surface area contributed by atoms with Crippen molar-refractivity contribution in [3.05, 3.63) is 36.0 Å². The third kappa shape index (κ3) is 1.64. The summed E-state index contributed by atoms with van der Waals surface area (Å²) in [6, 6.07) is 6.96.